The van der Waals surface area contributed by atoms with Gasteiger partial charge in [-0.15, -0.1) is 0 Å². The highest BCUT2D eigenvalue weighted by Gasteiger charge is 2.45. The average molecular weight is 297 g/mol. The van der Waals surface area contributed by atoms with Gasteiger partial charge in [-0.1, -0.05) is 0 Å². The summed E-state index contributed by atoms with van der Waals surface area (Å²) >= 11 is 0. The molecule has 2 rings (SSSR count). The minimum atomic E-state index is -4.71. The summed E-state index contributed by atoms with van der Waals surface area (Å²) < 4.78 is 20.8. The Morgan fingerprint density at radius 3 is 2.68 bits per heavy atom. The fraction of sp³-hybridized carbons (Fsp3) is 0.714. The first kappa shape index (κ1) is 14.3. The van der Waals surface area contributed by atoms with E-state index in [4.69, 9.17) is 14.5 Å². The highest BCUT2D eigenvalue weighted by molar-refractivity contribution is 7.46. The molecular formula is C7H12N3O8P. The second kappa shape index (κ2) is 5.13. The largest absolute Gasteiger partial charge is 0.469 e. The predicted octanol–water partition coefficient (Wildman–Crippen LogP) is -2.70. The molecule has 1 fully saturated rings. The molecule has 0 aromatic carbocycles. The van der Waals surface area contributed by atoms with E-state index in [1.165, 1.54) is 0 Å². The zero-order chi connectivity index (χ0) is 14.2. The van der Waals surface area contributed by atoms with E-state index >= 15 is 0 Å². The summed E-state index contributed by atoms with van der Waals surface area (Å²) in [6, 6.07) is 0. The van der Waals surface area contributed by atoms with Crippen LogP contribution in [0.25, 0.3) is 0 Å². The van der Waals surface area contributed by atoms with Crippen LogP contribution in [0.1, 0.15) is 6.23 Å². The molecule has 2 heterocycles. The number of ether oxygens (including phenoxy) is 1. The van der Waals surface area contributed by atoms with Gasteiger partial charge in [0.1, 0.15) is 24.6 Å². The van der Waals surface area contributed by atoms with Gasteiger partial charge in [-0.25, -0.2) is 14.5 Å². The summed E-state index contributed by atoms with van der Waals surface area (Å²) in [4.78, 5) is 28.4. The number of aromatic nitrogens is 3. The Bertz CT molecular complexity index is 536. The number of nitrogens with zero attached hydrogens (tertiary/aromatic N) is 2. The van der Waals surface area contributed by atoms with Crippen molar-refractivity contribution in [2.45, 2.75) is 24.5 Å². The lowest BCUT2D eigenvalue weighted by molar-refractivity contribution is -0.0536. The zero-order valence-electron chi connectivity index (χ0n) is 9.36. The Balaban J connectivity index is 2.09. The quantitative estimate of drug-likeness (QED) is 0.371. The van der Waals surface area contributed by atoms with Crippen LogP contribution >= 0.6 is 7.82 Å². The highest BCUT2D eigenvalue weighted by Crippen LogP contribution is 2.38. The third kappa shape index (κ3) is 3.09. The molecular weight excluding hydrogens is 285 g/mol. The van der Waals surface area contributed by atoms with Crippen LogP contribution in [-0.2, 0) is 13.8 Å². The van der Waals surface area contributed by atoms with Gasteiger partial charge < -0.3 is 24.7 Å². The average Bonchev–Trinajstić information content (AvgIpc) is 2.83. The Morgan fingerprint density at radius 2 is 2.16 bits per heavy atom. The van der Waals surface area contributed by atoms with Crippen molar-refractivity contribution >= 4 is 7.82 Å². The Morgan fingerprint density at radius 1 is 1.47 bits per heavy atom. The molecule has 0 saturated carbocycles. The number of rotatable bonds is 4. The van der Waals surface area contributed by atoms with E-state index in [9.17, 15) is 19.6 Å². The number of nitrogens with one attached hydrogen (secondary N) is 1. The molecule has 1 aromatic heterocycles. The van der Waals surface area contributed by atoms with E-state index < -0.39 is 44.7 Å². The van der Waals surface area contributed by atoms with Crippen molar-refractivity contribution in [3.63, 3.8) is 0 Å². The lowest BCUT2D eigenvalue weighted by Gasteiger charge is -2.14. The van der Waals surface area contributed by atoms with E-state index in [-0.39, 0.29) is 0 Å². The molecule has 0 radical (unpaired) electrons. The van der Waals surface area contributed by atoms with Crippen molar-refractivity contribution in [3.05, 3.63) is 16.8 Å². The van der Waals surface area contributed by atoms with Crippen molar-refractivity contribution in [2.24, 2.45) is 0 Å². The molecule has 0 aliphatic carbocycles. The maximum Gasteiger partial charge on any atom is 0.469 e. The normalized spacial score (nSPS) is 31.8. The summed E-state index contributed by atoms with van der Waals surface area (Å²) in [5.41, 5.74) is -0.659. The highest BCUT2D eigenvalue weighted by atomic mass is 31.2. The van der Waals surface area contributed by atoms with Crippen LogP contribution in [-0.4, -0.2) is 59.7 Å². The maximum absolute atomic E-state index is 11.3. The first-order chi connectivity index (χ1) is 8.79. The lowest BCUT2D eigenvalue weighted by atomic mass is 10.1. The van der Waals surface area contributed by atoms with Crippen molar-refractivity contribution in [1.82, 2.24) is 14.8 Å². The number of H-pyrrole nitrogens is 1. The lowest BCUT2D eigenvalue weighted by Crippen LogP contribution is -2.35. The minimum absolute atomic E-state index is 0.633. The Labute approximate surface area is 105 Å². The smallest absolute Gasteiger partial charge is 0.387 e. The molecule has 1 aromatic rings. The van der Waals surface area contributed by atoms with Crippen LogP contribution in [0, 0.1) is 0 Å². The molecule has 1 aliphatic heterocycles. The van der Waals surface area contributed by atoms with Gasteiger partial charge in [0.05, 0.1) is 6.61 Å². The molecule has 0 amide bonds. The van der Waals surface area contributed by atoms with Crippen LogP contribution in [0.4, 0.5) is 0 Å². The van der Waals surface area contributed by atoms with Gasteiger partial charge in [0.2, 0.25) is 0 Å². The Kier molecular flexibility index (Phi) is 3.87. The number of aliphatic hydroxyl groups is 2. The minimum Gasteiger partial charge on any atom is -0.387 e. The molecule has 1 aliphatic rings. The topological polar surface area (TPSA) is 167 Å². The summed E-state index contributed by atoms with van der Waals surface area (Å²) in [5.74, 6) is 0. The van der Waals surface area contributed by atoms with E-state index in [0.29, 0.717) is 0 Å². The summed E-state index contributed by atoms with van der Waals surface area (Å²) in [7, 11) is -4.71. The number of hydrogen-bond acceptors (Lipinski definition) is 7. The predicted molar refractivity (Wildman–Crippen MR) is 56.8 cm³/mol. The second-order valence-corrected chi connectivity index (χ2v) is 5.14. The number of hydrogen-bond donors (Lipinski definition) is 5. The first-order valence-corrected chi connectivity index (χ1v) is 6.66. The number of aliphatic hydroxyl groups excluding tert-OH is 2. The van der Waals surface area contributed by atoms with Gasteiger partial charge in [0.15, 0.2) is 6.23 Å². The third-order valence-corrected chi connectivity index (χ3v) is 3.08. The maximum atomic E-state index is 11.3. The van der Waals surface area contributed by atoms with Gasteiger partial charge in [-0.05, 0) is 0 Å². The molecule has 4 atom stereocenters. The van der Waals surface area contributed by atoms with Crippen molar-refractivity contribution in [2.75, 3.05) is 6.61 Å². The van der Waals surface area contributed by atoms with Gasteiger partial charge >= 0.3 is 13.5 Å². The standard InChI is InChI=1S/C7H12N3O8P/c11-4-3(1-17-19(14,15)16)18-6(5(4)12)10-2-8-9-7(10)13/h2-6,11-12H,1H2,(H,9,13)(H2,14,15,16)/t3-,4-,5-,6-/m1/s1. The van der Waals surface area contributed by atoms with E-state index in [2.05, 4.69) is 14.7 Å². The fourth-order valence-corrected chi connectivity index (χ4v) is 2.05. The van der Waals surface area contributed by atoms with Crippen LogP contribution in [0.3, 0.4) is 0 Å². The van der Waals surface area contributed by atoms with Crippen LogP contribution in [0.15, 0.2) is 11.1 Å². The molecule has 12 heteroatoms. The zero-order valence-corrected chi connectivity index (χ0v) is 10.3. The van der Waals surface area contributed by atoms with Crippen LogP contribution in [0.2, 0.25) is 0 Å². The second-order valence-electron chi connectivity index (χ2n) is 3.90. The fourth-order valence-electron chi connectivity index (χ4n) is 1.70. The SMILES string of the molecule is O=c1[nH]ncn1[C@@H]1O[C@H](COP(=O)(O)O)[C@@H](O)[C@H]1O. The van der Waals surface area contributed by atoms with Gasteiger partial charge in [-0.2, -0.15) is 5.10 Å². The molecule has 108 valence electrons. The molecule has 1 saturated heterocycles. The van der Waals surface area contributed by atoms with E-state index in [1.807, 2.05) is 0 Å². The van der Waals surface area contributed by atoms with Crippen LogP contribution < -0.4 is 5.69 Å². The van der Waals surface area contributed by atoms with Crippen molar-refractivity contribution in [3.8, 4) is 0 Å². The van der Waals surface area contributed by atoms with Crippen molar-refractivity contribution in [1.29, 1.82) is 0 Å². The van der Waals surface area contributed by atoms with Gasteiger partial charge in [0.25, 0.3) is 0 Å². The summed E-state index contributed by atoms with van der Waals surface area (Å²) in [6.45, 7) is -0.633. The monoisotopic (exact) mass is 297 g/mol. The van der Waals surface area contributed by atoms with Crippen molar-refractivity contribution < 1.29 is 33.8 Å². The summed E-state index contributed by atoms with van der Waals surface area (Å²) in [5, 5.41) is 24.9. The number of aromatic amines is 1. The van der Waals surface area contributed by atoms with E-state index in [0.717, 1.165) is 10.9 Å². The molecule has 0 bridgehead atoms. The molecule has 5 N–H and O–H groups in total. The van der Waals surface area contributed by atoms with Gasteiger partial charge in [-0.3, -0.25) is 9.09 Å². The molecule has 11 nitrogen and oxygen atoms in total. The van der Waals surface area contributed by atoms with Crippen LogP contribution in [0.5, 0.6) is 0 Å². The molecule has 0 unspecified atom stereocenters. The number of phosphoric acid groups is 1. The molecule has 0 spiro atoms. The summed E-state index contributed by atoms with van der Waals surface area (Å²) in [6.07, 6.45) is -4.25. The number of phosphoric ester groups is 1. The van der Waals surface area contributed by atoms with E-state index in [1.54, 1.807) is 0 Å². The first-order valence-electron chi connectivity index (χ1n) is 5.13. The van der Waals surface area contributed by atoms with Gasteiger partial charge in [0, 0.05) is 0 Å². The Hall–Kier alpha value is -1.07. The molecule has 19 heavy (non-hydrogen) atoms. The third-order valence-electron chi connectivity index (χ3n) is 2.60.